The van der Waals surface area contributed by atoms with E-state index in [0.29, 0.717) is 5.16 Å². The first-order chi connectivity index (χ1) is 17.6. The zero-order chi connectivity index (χ0) is 27.2. The van der Waals surface area contributed by atoms with Crippen LogP contribution in [0.5, 0.6) is 0 Å². The smallest absolute Gasteiger partial charge is 0.0402 e. The van der Waals surface area contributed by atoms with E-state index < -0.39 is 0 Å². The molecular weight excluding hydrogens is 471 g/mol. The zero-order valence-corrected chi connectivity index (χ0v) is 27.8. The lowest BCUT2D eigenvalue weighted by Crippen LogP contribution is -2.32. The summed E-state index contributed by atoms with van der Waals surface area (Å²) < 4.78 is 0. The van der Waals surface area contributed by atoms with Crippen molar-refractivity contribution in [1.82, 2.24) is 0 Å². The molecule has 0 rings (SSSR count). The van der Waals surface area contributed by atoms with E-state index >= 15 is 0 Å². The predicted molar refractivity (Wildman–Crippen MR) is 175 cm³/mol. The third kappa shape index (κ3) is 29.2. The standard InChI is InChI=1S/C32H67P.C2H6O.H2O/c1-5-9-13-17-18-19-20-21-22-24-28-31(27-23-14-10-6-2)32(33,29-25-15-11-7-3)30-26-16-12-8-4;1-2-3;/h31H,5-30,33H2,1-4H3;3H,2H2,1H3;1H2. The first kappa shape index (κ1) is 41.8. The van der Waals surface area contributed by atoms with Gasteiger partial charge in [0, 0.05) is 6.61 Å². The second-order valence-electron chi connectivity index (χ2n) is 11.7. The molecule has 228 valence electrons. The molecule has 0 amide bonds. The Morgan fingerprint density at radius 2 is 0.703 bits per heavy atom. The maximum Gasteiger partial charge on any atom is 0.0402 e. The van der Waals surface area contributed by atoms with Crippen LogP contribution >= 0.6 is 9.24 Å². The molecule has 0 aromatic heterocycles. The average molecular weight is 547 g/mol. The normalized spacial score (nSPS) is 12.1. The molecule has 0 saturated heterocycles. The Kier molecular flexibility index (Phi) is 38.9. The van der Waals surface area contributed by atoms with Crippen LogP contribution in [-0.4, -0.2) is 22.3 Å². The lowest BCUT2D eigenvalue weighted by molar-refractivity contribution is 0.270. The molecule has 0 aromatic carbocycles. The summed E-state index contributed by atoms with van der Waals surface area (Å²) in [6, 6.07) is 0. The molecule has 3 heteroatoms. The van der Waals surface area contributed by atoms with Crippen LogP contribution in [0.3, 0.4) is 0 Å². The number of hydrogen-bond acceptors (Lipinski definition) is 1. The topological polar surface area (TPSA) is 51.7 Å². The molecule has 2 unspecified atom stereocenters. The Morgan fingerprint density at radius 3 is 1.03 bits per heavy atom. The Balaban J connectivity index is -0.00000274. The van der Waals surface area contributed by atoms with Crippen molar-refractivity contribution in [2.75, 3.05) is 6.61 Å². The van der Waals surface area contributed by atoms with E-state index in [9.17, 15) is 0 Å². The van der Waals surface area contributed by atoms with Crippen LogP contribution in [0.4, 0.5) is 0 Å². The minimum Gasteiger partial charge on any atom is -0.412 e. The van der Waals surface area contributed by atoms with Gasteiger partial charge in [0.25, 0.3) is 0 Å². The molecule has 0 aromatic rings. The maximum absolute atomic E-state index is 7.57. The van der Waals surface area contributed by atoms with Gasteiger partial charge in [-0.1, -0.05) is 169 Å². The van der Waals surface area contributed by atoms with E-state index in [-0.39, 0.29) is 12.1 Å². The molecule has 0 saturated carbocycles. The molecule has 2 atom stereocenters. The van der Waals surface area contributed by atoms with Crippen LogP contribution in [0, 0.1) is 5.92 Å². The Bertz CT molecular complexity index is 376. The van der Waals surface area contributed by atoms with E-state index in [2.05, 4.69) is 36.9 Å². The van der Waals surface area contributed by atoms with Crippen molar-refractivity contribution < 1.29 is 10.6 Å². The Labute approximate surface area is 238 Å². The molecule has 2 nitrogen and oxygen atoms in total. The van der Waals surface area contributed by atoms with Crippen LogP contribution in [0.15, 0.2) is 0 Å². The molecule has 0 aliphatic carbocycles. The van der Waals surface area contributed by atoms with Gasteiger partial charge in [-0.2, -0.15) is 0 Å². The number of aliphatic hydroxyl groups is 1. The van der Waals surface area contributed by atoms with Gasteiger partial charge in [-0.3, -0.25) is 0 Å². The van der Waals surface area contributed by atoms with Crippen LogP contribution < -0.4 is 0 Å². The van der Waals surface area contributed by atoms with E-state index in [1.54, 1.807) is 6.92 Å². The van der Waals surface area contributed by atoms with E-state index in [1.807, 2.05) is 0 Å². The van der Waals surface area contributed by atoms with Crippen molar-refractivity contribution >= 4 is 9.24 Å². The van der Waals surface area contributed by atoms with Crippen LogP contribution in [0.1, 0.15) is 202 Å². The molecular formula is C34H75O2P. The van der Waals surface area contributed by atoms with Gasteiger partial charge in [-0.05, 0) is 43.7 Å². The molecule has 37 heavy (non-hydrogen) atoms. The Hall–Kier alpha value is 0.350. The highest BCUT2D eigenvalue weighted by molar-refractivity contribution is 7.19. The van der Waals surface area contributed by atoms with Crippen molar-refractivity contribution in [3.05, 3.63) is 0 Å². The van der Waals surface area contributed by atoms with Gasteiger partial charge in [0.15, 0.2) is 0 Å². The second kappa shape index (κ2) is 34.4. The second-order valence-corrected chi connectivity index (χ2v) is 12.8. The highest BCUT2D eigenvalue weighted by atomic mass is 31.0. The molecule has 0 spiro atoms. The minimum absolute atomic E-state index is 0. The quantitative estimate of drug-likeness (QED) is 0.0808. The lowest BCUT2D eigenvalue weighted by Gasteiger charge is -2.39. The summed E-state index contributed by atoms with van der Waals surface area (Å²) >= 11 is 0. The molecule has 0 radical (unpaired) electrons. The van der Waals surface area contributed by atoms with Gasteiger partial charge in [0.2, 0.25) is 0 Å². The summed E-state index contributed by atoms with van der Waals surface area (Å²) in [5.74, 6) is 0.941. The average Bonchev–Trinajstić information content (AvgIpc) is 2.87. The van der Waals surface area contributed by atoms with Crippen molar-refractivity contribution in [1.29, 1.82) is 0 Å². The lowest BCUT2D eigenvalue weighted by atomic mass is 9.77. The first-order valence-corrected chi connectivity index (χ1v) is 17.5. The van der Waals surface area contributed by atoms with Gasteiger partial charge in [0.1, 0.15) is 0 Å². The third-order valence-electron chi connectivity index (χ3n) is 8.12. The maximum atomic E-state index is 7.57. The minimum atomic E-state index is 0. The van der Waals surface area contributed by atoms with Crippen LogP contribution in [-0.2, 0) is 0 Å². The summed E-state index contributed by atoms with van der Waals surface area (Å²) in [6.45, 7) is 11.3. The van der Waals surface area contributed by atoms with E-state index in [0.717, 1.165) is 5.92 Å². The highest BCUT2D eigenvalue weighted by Crippen LogP contribution is 2.44. The van der Waals surface area contributed by atoms with Crippen molar-refractivity contribution in [3.8, 4) is 0 Å². The van der Waals surface area contributed by atoms with Gasteiger partial charge >= 0.3 is 0 Å². The fraction of sp³-hybridized carbons (Fsp3) is 1.00. The van der Waals surface area contributed by atoms with Crippen LogP contribution in [0.2, 0.25) is 0 Å². The number of rotatable bonds is 27. The number of hydrogen-bond donors (Lipinski definition) is 1. The molecule has 3 N–H and O–H groups in total. The van der Waals surface area contributed by atoms with Crippen molar-refractivity contribution in [3.63, 3.8) is 0 Å². The van der Waals surface area contributed by atoms with Crippen molar-refractivity contribution in [2.24, 2.45) is 5.92 Å². The molecule has 0 aliphatic rings. The van der Waals surface area contributed by atoms with Gasteiger partial charge in [0.05, 0.1) is 0 Å². The third-order valence-corrected chi connectivity index (χ3v) is 9.17. The van der Waals surface area contributed by atoms with Gasteiger partial charge < -0.3 is 10.6 Å². The SMILES string of the molecule is CCCCCCCCCCCCC(CCCCCC)C(P)(CCCCCC)CCCCCC.CCO.O. The van der Waals surface area contributed by atoms with E-state index in [4.69, 9.17) is 5.11 Å². The summed E-state index contributed by atoms with van der Waals surface area (Å²) in [6.07, 6.45) is 37.6. The first-order valence-electron chi connectivity index (χ1n) is 17.0. The largest absolute Gasteiger partial charge is 0.412 e. The summed E-state index contributed by atoms with van der Waals surface area (Å²) in [5.41, 5.74) is 0. The predicted octanol–water partition coefficient (Wildman–Crippen LogP) is 11.6. The number of aliphatic hydroxyl groups excluding tert-OH is 1. The fourth-order valence-electron chi connectivity index (χ4n) is 5.71. The summed E-state index contributed by atoms with van der Waals surface area (Å²) in [5, 5.41) is 8.09. The molecule has 0 fully saturated rings. The van der Waals surface area contributed by atoms with Crippen LogP contribution in [0.25, 0.3) is 0 Å². The number of unbranched alkanes of at least 4 members (excludes halogenated alkanes) is 18. The summed E-state index contributed by atoms with van der Waals surface area (Å²) in [7, 11) is 3.49. The fourth-order valence-corrected chi connectivity index (χ4v) is 6.45. The Morgan fingerprint density at radius 1 is 0.459 bits per heavy atom. The molecule has 0 aliphatic heterocycles. The zero-order valence-electron chi connectivity index (χ0n) is 26.7. The summed E-state index contributed by atoms with van der Waals surface area (Å²) in [4.78, 5) is 0. The van der Waals surface area contributed by atoms with Gasteiger partial charge in [-0.25, -0.2) is 0 Å². The molecule has 0 bridgehead atoms. The van der Waals surface area contributed by atoms with Gasteiger partial charge in [-0.15, -0.1) is 9.24 Å². The highest BCUT2D eigenvalue weighted by Gasteiger charge is 2.32. The molecule has 0 heterocycles. The monoisotopic (exact) mass is 547 g/mol. The van der Waals surface area contributed by atoms with E-state index in [1.165, 1.54) is 167 Å². The van der Waals surface area contributed by atoms with Crippen molar-refractivity contribution in [2.45, 2.75) is 207 Å².